The molecule has 0 spiro atoms. The maximum absolute atomic E-state index is 11.2. The fourth-order valence-corrected chi connectivity index (χ4v) is 2.78. The molecule has 0 unspecified atom stereocenters. The molecule has 108 valence electrons. The molecule has 0 saturated carbocycles. The third-order valence-electron chi connectivity index (χ3n) is 2.98. The lowest BCUT2D eigenvalue weighted by atomic mass is 9.93. The molecule has 2 heterocycles. The second-order valence-electron chi connectivity index (χ2n) is 5.88. The van der Waals surface area contributed by atoms with Gasteiger partial charge in [0.15, 0.2) is 0 Å². The first kappa shape index (κ1) is 14.7. The van der Waals surface area contributed by atoms with Gasteiger partial charge in [-0.15, -0.1) is 11.3 Å². The van der Waals surface area contributed by atoms with Gasteiger partial charge in [0.05, 0.1) is 12.0 Å². The Morgan fingerprint density at radius 3 is 2.70 bits per heavy atom. The van der Waals surface area contributed by atoms with Crippen molar-refractivity contribution >= 4 is 27.5 Å². The summed E-state index contributed by atoms with van der Waals surface area (Å²) in [5.41, 5.74) is 0.853. The summed E-state index contributed by atoms with van der Waals surface area (Å²) in [5, 5.41) is 9.87. The van der Waals surface area contributed by atoms with E-state index in [2.05, 4.69) is 30.7 Å². The lowest BCUT2D eigenvalue weighted by Crippen LogP contribution is -2.11. The van der Waals surface area contributed by atoms with Crippen molar-refractivity contribution in [2.75, 3.05) is 6.61 Å². The first-order valence-electron chi connectivity index (χ1n) is 6.40. The predicted molar refractivity (Wildman–Crippen MR) is 78.7 cm³/mol. The number of carboxylic acid groups (broad SMARTS) is 1. The van der Waals surface area contributed by atoms with Crippen LogP contribution in [0.2, 0.25) is 0 Å². The fourth-order valence-electron chi connectivity index (χ4n) is 1.81. The average molecular weight is 294 g/mol. The van der Waals surface area contributed by atoms with Crippen LogP contribution in [0.1, 0.15) is 42.4 Å². The molecule has 0 aromatic carbocycles. The molecule has 0 aliphatic heterocycles. The average Bonchev–Trinajstić information content (AvgIpc) is 2.66. The Morgan fingerprint density at radius 1 is 1.40 bits per heavy atom. The molecule has 0 bridgehead atoms. The molecule has 5 nitrogen and oxygen atoms in total. The molecule has 0 aliphatic carbocycles. The Kier molecular flexibility index (Phi) is 3.94. The van der Waals surface area contributed by atoms with Gasteiger partial charge in [0.1, 0.15) is 16.0 Å². The van der Waals surface area contributed by atoms with Gasteiger partial charge in [0, 0.05) is 0 Å². The van der Waals surface area contributed by atoms with Gasteiger partial charge in [-0.3, -0.25) is 0 Å². The molecule has 0 atom stereocenters. The summed E-state index contributed by atoms with van der Waals surface area (Å²) in [6, 6.07) is 0. The van der Waals surface area contributed by atoms with E-state index in [9.17, 15) is 4.79 Å². The predicted octanol–water partition coefficient (Wildman–Crippen LogP) is 3.51. The molecule has 0 radical (unpaired) electrons. The Hall–Kier alpha value is -1.69. The van der Waals surface area contributed by atoms with E-state index in [1.807, 2.05) is 0 Å². The number of thiophene rings is 1. The van der Waals surface area contributed by atoms with E-state index in [4.69, 9.17) is 9.84 Å². The minimum Gasteiger partial charge on any atom is -0.477 e. The minimum absolute atomic E-state index is 0.183. The zero-order valence-electron chi connectivity index (χ0n) is 12.1. The smallest absolute Gasteiger partial charge is 0.346 e. The molecule has 0 aliphatic rings. The van der Waals surface area contributed by atoms with Gasteiger partial charge in [-0.2, -0.15) is 0 Å². The Labute approximate surface area is 121 Å². The molecule has 20 heavy (non-hydrogen) atoms. The highest BCUT2D eigenvalue weighted by molar-refractivity contribution is 7.20. The quantitative estimate of drug-likeness (QED) is 0.934. The first-order chi connectivity index (χ1) is 9.29. The van der Waals surface area contributed by atoms with Crippen LogP contribution in [0.4, 0.5) is 0 Å². The first-order valence-corrected chi connectivity index (χ1v) is 7.21. The second-order valence-corrected chi connectivity index (χ2v) is 6.88. The van der Waals surface area contributed by atoms with Gasteiger partial charge in [0.25, 0.3) is 0 Å². The van der Waals surface area contributed by atoms with Crippen LogP contribution < -0.4 is 4.74 Å². The third kappa shape index (κ3) is 3.07. The number of rotatable bonds is 4. The van der Waals surface area contributed by atoms with Crippen LogP contribution in [0.25, 0.3) is 10.2 Å². The van der Waals surface area contributed by atoms with Gasteiger partial charge in [-0.05, 0) is 24.3 Å². The van der Waals surface area contributed by atoms with Crippen LogP contribution in [-0.4, -0.2) is 27.7 Å². The van der Waals surface area contributed by atoms with E-state index in [0.717, 1.165) is 17.8 Å². The maximum atomic E-state index is 11.2. The van der Waals surface area contributed by atoms with Crippen molar-refractivity contribution in [3.63, 3.8) is 0 Å². The van der Waals surface area contributed by atoms with Crippen LogP contribution in [0.3, 0.4) is 0 Å². The summed E-state index contributed by atoms with van der Waals surface area (Å²) in [6.07, 6.45) is 2.31. The molecule has 0 amide bonds. The van der Waals surface area contributed by atoms with Crippen LogP contribution >= 0.6 is 11.3 Å². The van der Waals surface area contributed by atoms with Gasteiger partial charge in [-0.25, -0.2) is 14.8 Å². The van der Waals surface area contributed by atoms with Gasteiger partial charge < -0.3 is 9.84 Å². The summed E-state index contributed by atoms with van der Waals surface area (Å²) in [5.74, 6) is -0.466. The summed E-state index contributed by atoms with van der Waals surface area (Å²) < 4.78 is 5.73. The van der Waals surface area contributed by atoms with E-state index in [-0.39, 0.29) is 5.41 Å². The number of carboxylic acids is 1. The number of nitrogens with zero attached hydrogens (tertiary/aromatic N) is 2. The molecule has 6 heteroatoms. The van der Waals surface area contributed by atoms with Crippen LogP contribution in [-0.2, 0) is 0 Å². The van der Waals surface area contributed by atoms with Crippen molar-refractivity contribution in [1.29, 1.82) is 0 Å². The van der Waals surface area contributed by atoms with E-state index in [1.165, 1.54) is 6.33 Å². The fraction of sp³-hybridized carbons (Fsp3) is 0.500. The number of hydrogen-bond donors (Lipinski definition) is 1. The highest BCUT2D eigenvalue weighted by atomic mass is 32.1. The van der Waals surface area contributed by atoms with Crippen LogP contribution in [0.15, 0.2) is 6.33 Å². The number of fused-ring (bicyclic) bond motifs is 1. The number of aryl methyl sites for hydroxylation is 1. The molecule has 0 fully saturated rings. The molecule has 2 aromatic heterocycles. The summed E-state index contributed by atoms with van der Waals surface area (Å²) in [7, 11) is 0. The Bertz CT molecular complexity index is 644. The van der Waals surface area contributed by atoms with Crippen LogP contribution in [0, 0.1) is 12.3 Å². The van der Waals surface area contributed by atoms with E-state index < -0.39 is 5.97 Å². The molecule has 1 N–H and O–H groups in total. The normalized spacial score (nSPS) is 11.8. The summed E-state index contributed by atoms with van der Waals surface area (Å²) >= 11 is 1.15. The van der Waals surface area contributed by atoms with Crippen molar-refractivity contribution in [1.82, 2.24) is 9.97 Å². The number of hydrogen-bond acceptors (Lipinski definition) is 5. The number of carbonyl (C=O) groups is 1. The van der Waals surface area contributed by atoms with E-state index >= 15 is 0 Å². The largest absolute Gasteiger partial charge is 0.477 e. The number of aromatic carboxylic acids is 1. The van der Waals surface area contributed by atoms with Crippen molar-refractivity contribution < 1.29 is 14.6 Å². The number of aromatic nitrogens is 2. The summed E-state index contributed by atoms with van der Waals surface area (Å²) in [4.78, 5) is 20.4. The molecular weight excluding hydrogens is 276 g/mol. The molecule has 2 aromatic rings. The van der Waals surface area contributed by atoms with Crippen molar-refractivity contribution in [3.8, 4) is 5.88 Å². The van der Waals surface area contributed by atoms with Crippen molar-refractivity contribution in [2.24, 2.45) is 5.41 Å². The van der Waals surface area contributed by atoms with Gasteiger partial charge >= 0.3 is 5.97 Å². The lowest BCUT2D eigenvalue weighted by molar-refractivity contribution is 0.0701. The highest BCUT2D eigenvalue weighted by Crippen LogP contribution is 2.34. The SMILES string of the molecule is Cc1c(C(=O)O)sc2ncnc(OCCC(C)(C)C)c12. The molecular formula is C14H18N2O3S. The van der Waals surface area contributed by atoms with E-state index in [1.54, 1.807) is 6.92 Å². The molecule has 0 saturated heterocycles. The van der Waals surface area contributed by atoms with Crippen LogP contribution in [0.5, 0.6) is 5.88 Å². The van der Waals surface area contributed by atoms with E-state index in [0.29, 0.717) is 33.1 Å². The highest BCUT2D eigenvalue weighted by Gasteiger charge is 2.19. The zero-order chi connectivity index (χ0) is 14.9. The van der Waals surface area contributed by atoms with Crippen molar-refractivity contribution in [3.05, 3.63) is 16.8 Å². The molecule has 2 rings (SSSR count). The Balaban J connectivity index is 2.32. The maximum Gasteiger partial charge on any atom is 0.346 e. The standard InChI is InChI=1S/C14H18N2O3S/c1-8-9-11(19-6-5-14(2,3)4)15-7-16-12(9)20-10(8)13(17)18/h7H,5-6H2,1-4H3,(H,17,18). The Morgan fingerprint density at radius 2 is 2.10 bits per heavy atom. The second kappa shape index (κ2) is 5.36. The lowest BCUT2D eigenvalue weighted by Gasteiger charge is -2.17. The number of ether oxygens (including phenoxy) is 1. The zero-order valence-corrected chi connectivity index (χ0v) is 12.9. The summed E-state index contributed by atoms with van der Waals surface area (Å²) in [6.45, 7) is 8.74. The topological polar surface area (TPSA) is 72.3 Å². The third-order valence-corrected chi connectivity index (χ3v) is 4.16. The van der Waals surface area contributed by atoms with Crippen molar-refractivity contribution in [2.45, 2.75) is 34.1 Å². The van der Waals surface area contributed by atoms with Gasteiger partial charge in [-0.1, -0.05) is 20.8 Å². The van der Waals surface area contributed by atoms with Gasteiger partial charge in [0.2, 0.25) is 5.88 Å². The minimum atomic E-state index is -0.939. The monoisotopic (exact) mass is 294 g/mol.